The van der Waals surface area contributed by atoms with Crippen LogP contribution in [0.25, 0.3) is 0 Å². The van der Waals surface area contributed by atoms with Crippen LogP contribution in [-0.4, -0.2) is 36.1 Å². The Morgan fingerprint density at radius 1 is 1.41 bits per heavy atom. The van der Waals surface area contributed by atoms with Crippen LogP contribution in [0, 0.1) is 11.8 Å². The largest absolute Gasteiger partial charge is 0.481 e. The van der Waals surface area contributed by atoms with Crippen molar-refractivity contribution < 1.29 is 9.90 Å². The maximum atomic E-state index is 11.3. The van der Waals surface area contributed by atoms with Gasteiger partial charge in [-0.05, 0) is 37.9 Å². The molecule has 0 amide bonds. The molecule has 1 heterocycles. The predicted molar refractivity (Wildman–Crippen MR) is 66.9 cm³/mol. The first-order chi connectivity index (χ1) is 8.16. The van der Waals surface area contributed by atoms with Crippen molar-refractivity contribution in [2.24, 2.45) is 11.8 Å². The molecule has 17 heavy (non-hydrogen) atoms. The zero-order chi connectivity index (χ0) is 12.3. The summed E-state index contributed by atoms with van der Waals surface area (Å²) in [5, 5.41) is 9.28. The maximum Gasteiger partial charge on any atom is 0.308 e. The molecule has 1 aromatic carbocycles. The van der Waals surface area contributed by atoms with E-state index in [1.165, 1.54) is 5.56 Å². The number of aliphatic carboxylic acids is 1. The Kier molecular flexibility index (Phi) is 3.79. The van der Waals surface area contributed by atoms with Crippen molar-refractivity contribution in [3.8, 4) is 0 Å². The Labute approximate surface area is 102 Å². The van der Waals surface area contributed by atoms with Crippen molar-refractivity contribution in [1.29, 1.82) is 0 Å². The summed E-state index contributed by atoms with van der Waals surface area (Å²) >= 11 is 0. The minimum atomic E-state index is -0.655. The molecule has 3 heteroatoms. The number of rotatable bonds is 3. The highest BCUT2D eigenvalue weighted by Crippen LogP contribution is 2.26. The summed E-state index contributed by atoms with van der Waals surface area (Å²) in [6.07, 6.45) is 1.86. The number of likely N-dealkylation sites (tertiary alicyclic amines) is 1. The highest BCUT2D eigenvalue weighted by atomic mass is 16.4. The summed E-state index contributed by atoms with van der Waals surface area (Å²) in [6, 6.07) is 10.2. The molecular formula is C14H19NO2. The Hall–Kier alpha value is -1.35. The van der Waals surface area contributed by atoms with Gasteiger partial charge in [0, 0.05) is 6.54 Å². The second-order valence-electron chi connectivity index (χ2n) is 4.95. The average Bonchev–Trinajstić information content (AvgIpc) is 2.32. The van der Waals surface area contributed by atoms with Crippen LogP contribution in [0.3, 0.4) is 0 Å². The third-order valence-electron chi connectivity index (χ3n) is 3.62. The van der Waals surface area contributed by atoms with Gasteiger partial charge in [-0.2, -0.15) is 0 Å². The third-order valence-corrected chi connectivity index (χ3v) is 3.62. The van der Waals surface area contributed by atoms with Crippen LogP contribution in [-0.2, 0) is 11.2 Å². The number of carbonyl (C=O) groups is 1. The monoisotopic (exact) mass is 233 g/mol. The van der Waals surface area contributed by atoms with Crippen LogP contribution in [0.15, 0.2) is 30.3 Å². The summed E-state index contributed by atoms with van der Waals surface area (Å²) in [5.41, 5.74) is 1.24. The minimum absolute atomic E-state index is 0.228. The van der Waals surface area contributed by atoms with Crippen LogP contribution in [0.1, 0.15) is 12.0 Å². The lowest BCUT2D eigenvalue weighted by atomic mass is 9.81. The molecule has 2 atom stereocenters. The summed E-state index contributed by atoms with van der Waals surface area (Å²) < 4.78 is 0. The van der Waals surface area contributed by atoms with E-state index in [-0.39, 0.29) is 11.8 Å². The van der Waals surface area contributed by atoms with Gasteiger partial charge in [-0.25, -0.2) is 0 Å². The van der Waals surface area contributed by atoms with Gasteiger partial charge in [0.1, 0.15) is 0 Å². The van der Waals surface area contributed by atoms with E-state index < -0.39 is 5.97 Å². The van der Waals surface area contributed by atoms with Gasteiger partial charge in [-0.15, -0.1) is 0 Å². The van der Waals surface area contributed by atoms with Crippen LogP contribution in [0.2, 0.25) is 0 Å². The zero-order valence-corrected chi connectivity index (χ0v) is 10.2. The Morgan fingerprint density at radius 2 is 2.12 bits per heavy atom. The summed E-state index contributed by atoms with van der Waals surface area (Å²) in [4.78, 5) is 13.4. The van der Waals surface area contributed by atoms with Crippen molar-refractivity contribution in [2.75, 3.05) is 20.1 Å². The highest BCUT2D eigenvalue weighted by Gasteiger charge is 2.32. The van der Waals surface area contributed by atoms with Crippen molar-refractivity contribution >= 4 is 5.97 Å². The second-order valence-corrected chi connectivity index (χ2v) is 4.95. The quantitative estimate of drug-likeness (QED) is 0.866. The standard InChI is InChI=1S/C14H19NO2/c1-15-8-7-12(13(10-15)14(16)17)9-11-5-3-2-4-6-11/h2-6,12-13H,7-10H2,1H3,(H,16,17)/t12-,13?/m1/s1. The van der Waals surface area contributed by atoms with Gasteiger partial charge in [-0.3, -0.25) is 4.79 Å². The molecule has 1 saturated heterocycles. The minimum Gasteiger partial charge on any atom is -0.481 e. The van der Waals surface area contributed by atoms with Gasteiger partial charge in [0.05, 0.1) is 5.92 Å². The van der Waals surface area contributed by atoms with E-state index in [2.05, 4.69) is 17.0 Å². The molecule has 0 aliphatic carbocycles. The first kappa shape index (κ1) is 12.1. The van der Waals surface area contributed by atoms with Gasteiger partial charge < -0.3 is 10.0 Å². The molecule has 0 bridgehead atoms. The number of nitrogens with zero attached hydrogens (tertiary/aromatic N) is 1. The Morgan fingerprint density at radius 3 is 2.76 bits per heavy atom. The zero-order valence-electron chi connectivity index (χ0n) is 10.2. The van der Waals surface area contributed by atoms with E-state index in [0.29, 0.717) is 6.54 Å². The molecule has 0 aromatic heterocycles. The van der Waals surface area contributed by atoms with Crippen molar-refractivity contribution in [2.45, 2.75) is 12.8 Å². The van der Waals surface area contributed by atoms with Crippen LogP contribution < -0.4 is 0 Å². The van der Waals surface area contributed by atoms with Crippen LogP contribution in [0.5, 0.6) is 0 Å². The van der Waals surface area contributed by atoms with Gasteiger partial charge in [-0.1, -0.05) is 30.3 Å². The first-order valence-corrected chi connectivity index (χ1v) is 6.12. The van der Waals surface area contributed by atoms with E-state index in [9.17, 15) is 9.90 Å². The fourth-order valence-corrected chi connectivity index (χ4v) is 2.60. The molecule has 92 valence electrons. The average molecular weight is 233 g/mol. The van der Waals surface area contributed by atoms with Gasteiger partial charge in [0.25, 0.3) is 0 Å². The lowest BCUT2D eigenvalue weighted by Gasteiger charge is -2.34. The lowest BCUT2D eigenvalue weighted by Crippen LogP contribution is -2.42. The van der Waals surface area contributed by atoms with Gasteiger partial charge in [0.2, 0.25) is 0 Å². The molecule has 0 radical (unpaired) electrons. The van der Waals surface area contributed by atoms with Gasteiger partial charge in [0.15, 0.2) is 0 Å². The summed E-state index contributed by atoms with van der Waals surface area (Å²) in [6.45, 7) is 1.67. The molecule has 1 aromatic rings. The maximum absolute atomic E-state index is 11.3. The SMILES string of the molecule is CN1CC[C@H](Cc2ccccc2)C(C(=O)O)C1. The van der Waals surface area contributed by atoms with E-state index in [1.54, 1.807) is 0 Å². The molecule has 1 fully saturated rings. The number of carboxylic acid groups (broad SMARTS) is 1. The molecule has 3 nitrogen and oxygen atoms in total. The number of hydrogen-bond acceptors (Lipinski definition) is 2. The molecule has 0 spiro atoms. The normalized spacial score (nSPS) is 25.7. The molecule has 0 saturated carbocycles. The number of hydrogen-bond donors (Lipinski definition) is 1. The molecule has 1 aliphatic rings. The van der Waals surface area contributed by atoms with Crippen molar-refractivity contribution in [3.63, 3.8) is 0 Å². The molecule has 1 unspecified atom stereocenters. The van der Waals surface area contributed by atoms with Crippen LogP contribution in [0.4, 0.5) is 0 Å². The molecule has 2 rings (SSSR count). The smallest absolute Gasteiger partial charge is 0.308 e. The Balaban J connectivity index is 2.06. The Bertz CT molecular complexity index is 377. The second kappa shape index (κ2) is 5.32. The number of piperidine rings is 1. The van der Waals surface area contributed by atoms with Crippen LogP contribution >= 0.6 is 0 Å². The highest BCUT2D eigenvalue weighted by molar-refractivity contribution is 5.70. The molecule has 1 N–H and O–H groups in total. The lowest BCUT2D eigenvalue weighted by molar-refractivity contribution is -0.145. The summed E-state index contributed by atoms with van der Waals surface area (Å²) in [5.74, 6) is -0.613. The van der Waals surface area contributed by atoms with E-state index >= 15 is 0 Å². The first-order valence-electron chi connectivity index (χ1n) is 6.12. The fraction of sp³-hybridized carbons (Fsp3) is 0.500. The fourth-order valence-electron chi connectivity index (χ4n) is 2.60. The van der Waals surface area contributed by atoms with Gasteiger partial charge >= 0.3 is 5.97 Å². The number of carboxylic acids is 1. The van der Waals surface area contributed by atoms with Crippen molar-refractivity contribution in [1.82, 2.24) is 4.90 Å². The van der Waals surface area contributed by atoms with Crippen molar-refractivity contribution in [3.05, 3.63) is 35.9 Å². The topological polar surface area (TPSA) is 40.5 Å². The molecule has 1 aliphatic heterocycles. The van der Waals surface area contributed by atoms with E-state index in [4.69, 9.17) is 0 Å². The number of benzene rings is 1. The molecular weight excluding hydrogens is 214 g/mol. The summed E-state index contributed by atoms with van der Waals surface area (Å²) in [7, 11) is 1.99. The third kappa shape index (κ3) is 3.07. The van der Waals surface area contributed by atoms with E-state index in [0.717, 1.165) is 19.4 Å². The van der Waals surface area contributed by atoms with E-state index in [1.807, 2.05) is 25.2 Å². The predicted octanol–water partition coefficient (Wildman–Crippen LogP) is 1.88.